The summed E-state index contributed by atoms with van der Waals surface area (Å²) in [5.41, 5.74) is 0. The third-order valence-electron chi connectivity index (χ3n) is 1.92. The molecular formula is C12H15ClO3. The first-order valence-corrected chi connectivity index (χ1v) is 5.73. The number of carbonyl (C=O) groups excluding carboxylic acids is 1. The van der Waals surface area contributed by atoms with E-state index in [4.69, 9.17) is 21.1 Å². The van der Waals surface area contributed by atoms with E-state index in [0.717, 1.165) is 5.75 Å². The second-order valence-electron chi connectivity index (χ2n) is 3.18. The van der Waals surface area contributed by atoms with E-state index in [1.165, 1.54) is 0 Å². The highest BCUT2D eigenvalue weighted by atomic mass is 35.5. The lowest BCUT2D eigenvalue weighted by Gasteiger charge is -2.07. The minimum Gasteiger partial charge on any atom is -0.494 e. The Morgan fingerprint density at radius 1 is 1.31 bits per heavy atom. The zero-order valence-electron chi connectivity index (χ0n) is 9.24. The molecule has 16 heavy (non-hydrogen) atoms. The van der Waals surface area contributed by atoms with Crippen molar-refractivity contribution in [3.8, 4) is 11.5 Å². The quantitative estimate of drug-likeness (QED) is 0.690. The normalized spacial score (nSPS) is 9.88. The van der Waals surface area contributed by atoms with Gasteiger partial charge in [0.15, 0.2) is 5.78 Å². The van der Waals surface area contributed by atoms with Crippen LogP contribution in [0.5, 0.6) is 11.5 Å². The van der Waals surface area contributed by atoms with Gasteiger partial charge >= 0.3 is 0 Å². The van der Waals surface area contributed by atoms with Gasteiger partial charge in [-0.1, -0.05) is 6.07 Å². The summed E-state index contributed by atoms with van der Waals surface area (Å²) in [5.74, 6) is 1.50. The minimum absolute atomic E-state index is 0.0115. The van der Waals surface area contributed by atoms with E-state index in [2.05, 4.69) is 0 Å². The monoisotopic (exact) mass is 242 g/mol. The molecule has 0 heterocycles. The van der Waals surface area contributed by atoms with Gasteiger partial charge in [0, 0.05) is 12.5 Å². The number of alkyl halides is 1. The predicted molar refractivity (Wildman–Crippen MR) is 63.5 cm³/mol. The second kappa shape index (κ2) is 7.12. The first-order valence-electron chi connectivity index (χ1n) is 5.19. The lowest BCUT2D eigenvalue weighted by Crippen LogP contribution is -2.07. The van der Waals surface area contributed by atoms with E-state index in [9.17, 15) is 4.79 Å². The largest absolute Gasteiger partial charge is 0.494 e. The van der Waals surface area contributed by atoms with Crippen molar-refractivity contribution in [1.82, 2.24) is 0 Å². The Bertz CT molecular complexity index is 339. The van der Waals surface area contributed by atoms with Crippen molar-refractivity contribution in [2.75, 3.05) is 19.1 Å². The van der Waals surface area contributed by atoms with Crippen LogP contribution in [0.4, 0.5) is 0 Å². The van der Waals surface area contributed by atoms with Crippen molar-refractivity contribution in [1.29, 1.82) is 0 Å². The summed E-state index contributed by atoms with van der Waals surface area (Å²) >= 11 is 5.38. The Labute approximate surface area is 100 Å². The van der Waals surface area contributed by atoms with Crippen LogP contribution in [0, 0.1) is 0 Å². The molecule has 0 aliphatic carbocycles. The van der Waals surface area contributed by atoms with Crippen molar-refractivity contribution in [3.63, 3.8) is 0 Å². The molecule has 1 rings (SSSR count). The smallest absolute Gasteiger partial charge is 0.150 e. The Morgan fingerprint density at radius 3 is 2.62 bits per heavy atom. The van der Waals surface area contributed by atoms with Gasteiger partial charge in [0.25, 0.3) is 0 Å². The van der Waals surface area contributed by atoms with E-state index in [1.54, 1.807) is 6.07 Å². The molecule has 0 aromatic heterocycles. The summed E-state index contributed by atoms with van der Waals surface area (Å²) in [6.45, 7) is 2.89. The Balaban J connectivity index is 2.41. The molecule has 0 atom stereocenters. The number of rotatable bonds is 7. The van der Waals surface area contributed by atoms with Crippen molar-refractivity contribution in [2.24, 2.45) is 0 Å². The number of halogens is 1. The average Bonchev–Trinajstić information content (AvgIpc) is 2.30. The van der Waals surface area contributed by atoms with Crippen LogP contribution in [0.25, 0.3) is 0 Å². The van der Waals surface area contributed by atoms with Gasteiger partial charge in [-0.25, -0.2) is 0 Å². The number of Topliss-reactive ketones (excluding diaryl/α,β-unsaturated/α-hetero) is 1. The standard InChI is InChI=1S/C12H15ClO3/c1-2-15-11-4-3-5-12(8-11)16-7-6-10(14)9-13/h3-5,8H,2,6-7,9H2,1H3. The molecule has 0 aliphatic rings. The van der Waals surface area contributed by atoms with Crippen molar-refractivity contribution < 1.29 is 14.3 Å². The fourth-order valence-corrected chi connectivity index (χ4v) is 1.30. The van der Waals surface area contributed by atoms with Crippen molar-refractivity contribution in [3.05, 3.63) is 24.3 Å². The number of carbonyl (C=O) groups is 1. The zero-order chi connectivity index (χ0) is 11.8. The molecule has 4 heteroatoms. The number of ether oxygens (including phenoxy) is 2. The summed E-state index contributed by atoms with van der Waals surface area (Å²) in [6, 6.07) is 7.34. The molecule has 0 N–H and O–H groups in total. The van der Waals surface area contributed by atoms with Crippen molar-refractivity contribution >= 4 is 17.4 Å². The number of hydrogen-bond acceptors (Lipinski definition) is 3. The topological polar surface area (TPSA) is 35.5 Å². The zero-order valence-corrected chi connectivity index (χ0v) is 10.00. The molecule has 1 aromatic rings. The Hall–Kier alpha value is -1.22. The van der Waals surface area contributed by atoms with E-state index >= 15 is 0 Å². The predicted octanol–water partition coefficient (Wildman–Crippen LogP) is 2.66. The molecule has 0 saturated carbocycles. The summed E-state index contributed by atoms with van der Waals surface area (Å²) in [4.78, 5) is 10.9. The van der Waals surface area contributed by atoms with Gasteiger partial charge in [0.1, 0.15) is 11.5 Å². The van der Waals surface area contributed by atoms with Gasteiger partial charge in [-0.2, -0.15) is 0 Å². The molecule has 1 aromatic carbocycles. The molecular weight excluding hydrogens is 228 g/mol. The van der Waals surface area contributed by atoms with Gasteiger partial charge in [0.05, 0.1) is 19.1 Å². The summed E-state index contributed by atoms with van der Waals surface area (Å²) in [7, 11) is 0. The van der Waals surface area contributed by atoms with Crippen LogP contribution >= 0.6 is 11.6 Å². The van der Waals surface area contributed by atoms with Gasteiger partial charge in [-0.3, -0.25) is 4.79 Å². The molecule has 0 bridgehead atoms. The van der Waals surface area contributed by atoms with Crippen LogP contribution in [0.1, 0.15) is 13.3 Å². The molecule has 88 valence electrons. The van der Waals surface area contributed by atoms with Gasteiger partial charge in [-0.05, 0) is 19.1 Å². The highest BCUT2D eigenvalue weighted by Crippen LogP contribution is 2.19. The number of benzene rings is 1. The second-order valence-corrected chi connectivity index (χ2v) is 3.45. The van der Waals surface area contributed by atoms with E-state index in [-0.39, 0.29) is 11.7 Å². The van der Waals surface area contributed by atoms with Gasteiger partial charge in [0.2, 0.25) is 0 Å². The van der Waals surface area contributed by atoms with Crippen molar-refractivity contribution in [2.45, 2.75) is 13.3 Å². The van der Waals surface area contributed by atoms with Gasteiger partial charge < -0.3 is 9.47 Å². The third-order valence-corrected chi connectivity index (χ3v) is 2.21. The summed E-state index contributed by atoms with van der Waals surface area (Å²) < 4.78 is 10.7. The maximum atomic E-state index is 10.9. The highest BCUT2D eigenvalue weighted by molar-refractivity contribution is 6.27. The fourth-order valence-electron chi connectivity index (χ4n) is 1.17. The SMILES string of the molecule is CCOc1cccc(OCCC(=O)CCl)c1. The third kappa shape index (κ3) is 4.53. The van der Waals surface area contributed by atoms with Crippen LogP contribution in [0.3, 0.4) is 0 Å². The molecule has 0 amide bonds. The molecule has 0 spiro atoms. The van der Waals surface area contributed by atoms with Crippen LogP contribution in [0.2, 0.25) is 0 Å². The minimum atomic E-state index is -0.0115. The lowest BCUT2D eigenvalue weighted by atomic mass is 10.3. The van der Waals surface area contributed by atoms with E-state index < -0.39 is 0 Å². The Morgan fingerprint density at radius 2 is 2.00 bits per heavy atom. The van der Waals surface area contributed by atoms with Crippen LogP contribution in [-0.2, 0) is 4.79 Å². The van der Waals surface area contributed by atoms with Gasteiger partial charge in [-0.15, -0.1) is 11.6 Å². The van der Waals surface area contributed by atoms with Crippen LogP contribution in [0.15, 0.2) is 24.3 Å². The van der Waals surface area contributed by atoms with Crippen LogP contribution in [-0.4, -0.2) is 24.9 Å². The molecule has 0 radical (unpaired) electrons. The molecule has 0 aliphatic heterocycles. The van der Waals surface area contributed by atoms with E-state index in [1.807, 2.05) is 25.1 Å². The maximum Gasteiger partial charge on any atom is 0.150 e. The highest BCUT2D eigenvalue weighted by Gasteiger charge is 2.01. The molecule has 0 fully saturated rings. The Kier molecular flexibility index (Phi) is 5.72. The fraction of sp³-hybridized carbons (Fsp3) is 0.417. The lowest BCUT2D eigenvalue weighted by molar-refractivity contribution is -0.117. The molecule has 3 nitrogen and oxygen atoms in total. The van der Waals surface area contributed by atoms with Crippen LogP contribution < -0.4 is 9.47 Å². The number of ketones is 1. The summed E-state index contributed by atoms with van der Waals surface area (Å²) in [5, 5.41) is 0. The first kappa shape index (κ1) is 12.8. The maximum absolute atomic E-state index is 10.9. The average molecular weight is 243 g/mol. The molecule has 0 saturated heterocycles. The molecule has 0 unspecified atom stereocenters. The summed E-state index contributed by atoms with van der Waals surface area (Å²) in [6.07, 6.45) is 0.336. The first-order chi connectivity index (χ1) is 7.76. The number of hydrogen-bond donors (Lipinski definition) is 0. The van der Waals surface area contributed by atoms with E-state index in [0.29, 0.717) is 25.4 Å².